The van der Waals surface area contributed by atoms with Crippen molar-refractivity contribution in [1.82, 2.24) is 9.29 Å². The van der Waals surface area contributed by atoms with Gasteiger partial charge in [0.2, 0.25) is 0 Å². The normalized spacial score (nSPS) is 16.5. The highest BCUT2D eigenvalue weighted by Crippen LogP contribution is 2.25. The molecule has 118 valence electrons. The van der Waals surface area contributed by atoms with Crippen molar-refractivity contribution >= 4 is 27.2 Å². The number of hydrogen-bond donors (Lipinski definition) is 0. The van der Waals surface area contributed by atoms with Crippen molar-refractivity contribution in [3.63, 3.8) is 0 Å². The Kier molecular flexibility index (Phi) is 4.75. The molecule has 7 heteroatoms. The third kappa shape index (κ3) is 3.31. The van der Waals surface area contributed by atoms with Crippen molar-refractivity contribution < 1.29 is 8.42 Å². The first-order chi connectivity index (χ1) is 10.7. The number of rotatable bonds is 5. The molecule has 22 heavy (non-hydrogen) atoms. The summed E-state index contributed by atoms with van der Waals surface area (Å²) < 4.78 is 29.1. The quantitative estimate of drug-likeness (QED) is 0.843. The van der Waals surface area contributed by atoms with Crippen LogP contribution in [0.25, 0.3) is 0 Å². The predicted molar refractivity (Wildman–Crippen MR) is 89.1 cm³/mol. The number of nitrogens with zero attached hydrogens (tertiary/aromatic N) is 3. The predicted octanol–water partition coefficient (Wildman–Crippen LogP) is 2.88. The summed E-state index contributed by atoms with van der Waals surface area (Å²) in [5.74, 6) is 0. The average Bonchev–Trinajstić information content (AvgIpc) is 3.07. The Morgan fingerprint density at radius 3 is 2.50 bits per heavy atom. The van der Waals surface area contributed by atoms with Crippen molar-refractivity contribution in [3.8, 4) is 0 Å². The van der Waals surface area contributed by atoms with E-state index in [4.69, 9.17) is 0 Å². The van der Waals surface area contributed by atoms with E-state index < -0.39 is 10.2 Å². The highest BCUT2D eigenvalue weighted by atomic mass is 32.2. The number of benzene rings is 1. The van der Waals surface area contributed by atoms with Crippen LogP contribution in [0.2, 0.25) is 0 Å². The van der Waals surface area contributed by atoms with Crippen LogP contribution < -0.4 is 4.31 Å². The van der Waals surface area contributed by atoms with Gasteiger partial charge in [-0.3, -0.25) is 4.31 Å². The largest absolute Gasteiger partial charge is 0.304 e. The Morgan fingerprint density at radius 1 is 1.14 bits per heavy atom. The van der Waals surface area contributed by atoms with Gasteiger partial charge in [-0.1, -0.05) is 24.6 Å². The van der Waals surface area contributed by atoms with Gasteiger partial charge in [0.05, 0.1) is 23.4 Å². The maximum atomic E-state index is 13.0. The van der Waals surface area contributed by atoms with E-state index in [0.29, 0.717) is 18.8 Å². The number of thiazole rings is 1. The van der Waals surface area contributed by atoms with Gasteiger partial charge in [-0.25, -0.2) is 4.98 Å². The second-order valence-electron chi connectivity index (χ2n) is 5.29. The first kappa shape index (κ1) is 15.5. The minimum absolute atomic E-state index is 0.270. The molecule has 0 unspecified atom stereocenters. The number of aromatic nitrogens is 1. The van der Waals surface area contributed by atoms with Gasteiger partial charge in [-0.05, 0) is 25.0 Å². The van der Waals surface area contributed by atoms with Gasteiger partial charge in [-0.15, -0.1) is 11.3 Å². The van der Waals surface area contributed by atoms with Crippen LogP contribution in [0.5, 0.6) is 0 Å². The number of piperidine rings is 1. The van der Waals surface area contributed by atoms with E-state index in [1.165, 1.54) is 15.6 Å². The summed E-state index contributed by atoms with van der Waals surface area (Å²) in [6.07, 6.45) is 2.96. The summed E-state index contributed by atoms with van der Waals surface area (Å²) in [5, 5.41) is 1.89. The minimum Gasteiger partial charge on any atom is -0.252 e. The summed E-state index contributed by atoms with van der Waals surface area (Å²) >= 11 is 1.48. The molecule has 0 atom stereocenters. The lowest BCUT2D eigenvalue weighted by Crippen LogP contribution is -2.45. The van der Waals surface area contributed by atoms with Crippen molar-refractivity contribution in [2.75, 3.05) is 17.4 Å². The zero-order valence-electron chi connectivity index (χ0n) is 12.3. The molecular weight excluding hydrogens is 318 g/mol. The van der Waals surface area contributed by atoms with Crippen molar-refractivity contribution in [3.05, 3.63) is 46.9 Å². The lowest BCUT2D eigenvalue weighted by molar-refractivity contribution is 0.345. The van der Waals surface area contributed by atoms with Crippen LogP contribution in [0.4, 0.5) is 5.69 Å². The minimum atomic E-state index is -3.52. The van der Waals surface area contributed by atoms with Crippen LogP contribution in [0, 0.1) is 0 Å². The molecular formula is C15H19N3O2S2. The van der Waals surface area contributed by atoms with Gasteiger partial charge in [0.1, 0.15) is 0 Å². The maximum absolute atomic E-state index is 13.0. The van der Waals surface area contributed by atoms with Crippen LogP contribution >= 0.6 is 11.3 Å². The molecule has 0 bridgehead atoms. The number of anilines is 1. The summed E-state index contributed by atoms with van der Waals surface area (Å²) in [7, 11) is -3.52. The molecule has 0 saturated carbocycles. The van der Waals surface area contributed by atoms with Crippen LogP contribution in [-0.4, -0.2) is 30.8 Å². The fourth-order valence-electron chi connectivity index (χ4n) is 2.60. The zero-order chi connectivity index (χ0) is 15.4. The smallest absolute Gasteiger partial charge is 0.252 e. The first-order valence-corrected chi connectivity index (χ1v) is 9.72. The van der Waals surface area contributed by atoms with E-state index in [9.17, 15) is 8.42 Å². The Balaban J connectivity index is 1.93. The average molecular weight is 337 g/mol. The Bertz CT molecular complexity index is 681. The molecule has 1 aliphatic heterocycles. The maximum Gasteiger partial charge on any atom is 0.304 e. The molecule has 0 amide bonds. The van der Waals surface area contributed by atoms with Crippen LogP contribution in [0.1, 0.15) is 25.0 Å². The van der Waals surface area contributed by atoms with Crippen LogP contribution in [0.3, 0.4) is 0 Å². The van der Waals surface area contributed by atoms with Gasteiger partial charge in [-0.2, -0.15) is 12.7 Å². The summed E-state index contributed by atoms with van der Waals surface area (Å²) in [5.41, 5.74) is 3.18. The lowest BCUT2D eigenvalue weighted by Gasteiger charge is -2.33. The third-order valence-corrected chi connectivity index (χ3v) is 6.30. The molecule has 1 fully saturated rings. The van der Waals surface area contributed by atoms with Gasteiger partial charge < -0.3 is 0 Å². The Labute approximate surface area is 135 Å². The van der Waals surface area contributed by atoms with Crippen molar-refractivity contribution in [1.29, 1.82) is 0 Å². The third-order valence-electron chi connectivity index (χ3n) is 3.75. The second kappa shape index (κ2) is 6.76. The second-order valence-corrected chi connectivity index (χ2v) is 7.86. The van der Waals surface area contributed by atoms with E-state index in [1.54, 1.807) is 9.82 Å². The fraction of sp³-hybridized carbons (Fsp3) is 0.400. The first-order valence-electron chi connectivity index (χ1n) is 7.38. The molecule has 0 aliphatic carbocycles. The molecule has 1 saturated heterocycles. The van der Waals surface area contributed by atoms with E-state index in [1.807, 2.05) is 35.7 Å². The van der Waals surface area contributed by atoms with Crippen LogP contribution in [0.15, 0.2) is 41.2 Å². The lowest BCUT2D eigenvalue weighted by atomic mass is 10.2. The molecule has 3 rings (SSSR count). The molecule has 1 aromatic carbocycles. The van der Waals surface area contributed by atoms with Gasteiger partial charge in [0, 0.05) is 18.5 Å². The van der Waals surface area contributed by atoms with Crippen molar-refractivity contribution in [2.45, 2.75) is 25.8 Å². The van der Waals surface area contributed by atoms with E-state index in [0.717, 1.165) is 25.0 Å². The van der Waals surface area contributed by atoms with Gasteiger partial charge in [0.25, 0.3) is 0 Å². The molecule has 1 aromatic heterocycles. The molecule has 2 aromatic rings. The molecule has 0 N–H and O–H groups in total. The molecule has 0 spiro atoms. The van der Waals surface area contributed by atoms with E-state index >= 15 is 0 Å². The van der Waals surface area contributed by atoms with E-state index in [2.05, 4.69) is 4.98 Å². The zero-order valence-corrected chi connectivity index (χ0v) is 13.9. The summed E-state index contributed by atoms with van der Waals surface area (Å²) in [4.78, 5) is 4.23. The SMILES string of the molecule is O=S(=O)(N1CCCCC1)N(Cc1cscn1)c1ccccc1. The molecule has 1 aliphatic rings. The number of para-hydroxylation sites is 1. The molecule has 2 heterocycles. The highest BCUT2D eigenvalue weighted by Gasteiger charge is 2.31. The summed E-state index contributed by atoms with van der Waals surface area (Å²) in [6.45, 7) is 1.47. The van der Waals surface area contributed by atoms with Gasteiger partial charge in [0.15, 0.2) is 0 Å². The van der Waals surface area contributed by atoms with Crippen LogP contribution in [-0.2, 0) is 16.8 Å². The fourth-order valence-corrected chi connectivity index (χ4v) is 4.83. The Morgan fingerprint density at radius 2 is 1.86 bits per heavy atom. The number of hydrogen-bond acceptors (Lipinski definition) is 4. The van der Waals surface area contributed by atoms with Gasteiger partial charge >= 0.3 is 10.2 Å². The monoisotopic (exact) mass is 337 g/mol. The molecule has 0 radical (unpaired) electrons. The summed E-state index contributed by atoms with van der Waals surface area (Å²) in [6, 6.07) is 9.25. The van der Waals surface area contributed by atoms with Crippen molar-refractivity contribution in [2.24, 2.45) is 0 Å². The Hall–Kier alpha value is -1.44. The molecule has 5 nitrogen and oxygen atoms in total. The topological polar surface area (TPSA) is 53.5 Å². The highest BCUT2D eigenvalue weighted by molar-refractivity contribution is 7.90. The van der Waals surface area contributed by atoms with E-state index in [-0.39, 0.29) is 6.54 Å². The standard InChI is InChI=1S/C15H19N3O2S2/c19-22(20,17-9-5-2-6-10-17)18(11-14-12-21-13-16-14)15-7-3-1-4-8-15/h1,3-4,7-8,12-13H,2,5-6,9-11H2.